The third-order valence-corrected chi connectivity index (χ3v) is 8.76. The van der Waals surface area contributed by atoms with Crippen molar-refractivity contribution < 1.29 is 23.2 Å². The Bertz CT molecular complexity index is 2270. The Morgan fingerprint density at radius 1 is 1.00 bits per heavy atom. The van der Waals surface area contributed by atoms with Gasteiger partial charge in [0.05, 0.1) is 23.4 Å². The molecule has 1 aliphatic heterocycles. The molecule has 1 N–H and O–H groups in total. The van der Waals surface area contributed by atoms with Crippen LogP contribution in [-0.4, -0.2) is 65.6 Å². The number of hydrogen-bond acceptors (Lipinski definition) is 6. The van der Waals surface area contributed by atoms with Crippen molar-refractivity contribution in [2.45, 2.75) is 39.0 Å². The minimum atomic E-state index is -1.46. The van der Waals surface area contributed by atoms with E-state index in [0.29, 0.717) is 27.1 Å². The molecule has 13 heteroatoms. The van der Waals surface area contributed by atoms with E-state index in [9.17, 15) is 18.8 Å². The zero-order valence-electron chi connectivity index (χ0n) is 25.8. The molecule has 4 heterocycles. The number of halogens is 3. The van der Waals surface area contributed by atoms with E-state index < -0.39 is 29.8 Å². The third-order valence-electron chi connectivity index (χ3n) is 8.43. The Balaban J connectivity index is 1.14. The number of carbonyl (C=O) groups is 3. The van der Waals surface area contributed by atoms with E-state index in [1.54, 1.807) is 53.2 Å². The number of hydrogen-bond donors (Lipinski definition) is 1. The number of amides is 2. The molecular weight excluding hydrogens is 640 g/mol. The minimum Gasteiger partial charge on any atom is -0.326 e. The number of benzene rings is 3. The molecule has 2 atom stereocenters. The number of rotatable bonds is 7. The van der Waals surface area contributed by atoms with E-state index in [4.69, 9.17) is 11.6 Å². The SMILES string of the molecule is CC(=O)c1nn(CC(=O)N2C[C@H](F)C[C@H]2C(=O)Nc2cccc(-c3ccccc3Cl)c2F)c2ccc(-c3cnc4cc(C)nn4c3)cc12. The van der Waals surface area contributed by atoms with E-state index in [1.165, 1.54) is 23.7 Å². The molecule has 0 spiro atoms. The first-order chi connectivity index (χ1) is 23.1. The van der Waals surface area contributed by atoms with Crippen LogP contribution in [0.2, 0.25) is 5.02 Å². The first-order valence-corrected chi connectivity index (χ1v) is 15.6. The zero-order valence-corrected chi connectivity index (χ0v) is 26.6. The molecule has 1 aliphatic rings. The maximum absolute atomic E-state index is 15.6. The number of ketones is 1. The van der Waals surface area contributed by atoms with Crippen LogP contribution in [0.4, 0.5) is 14.5 Å². The molecule has 0 unspecified atom stereocenters. The van der Waals surface area contributed by atoms with Crippen LogP contribution in [0.25, 0.3) is 38.8 Å². The molecule has 6 aromatic rings. The monoisotopic (exact) mass is 667 g/mol. The lowest BCUT2D eigenvalue weighted by molar-refractivity contribution is -0.137. The van der Waals surface area contributed by atoms with Crippen molar-refractivity contribution in [3.05, 3.63) is 101 Å². The van der Waals surface area contributed by atoms with Gasteiger partial charge in [-0.1, -0.05) is 48.0 Å². The number of carbonyl (C=O) groups excluding carboxylic acids is 3. The molecule has 48 heavy (non-hydrogen) atoms. The van der Waals surface area contributed by atoms with E-state index >= 15 is 4.39 Å². The Labute approximate surface area is 277 Å². The number of fused-ring (bicyclic) bond motifs is 2. The van der Waals surface area contributed by atoms with Crippen LogP contribution in [0.5, 0.6) is 0 Å². The van der Waals surface area contributed by atoms with Gasteiger partial charge < -0.3 is 10.2 Å². The molecule has 3 aromatic heterocycles. The number of aromatic nitrogens is 5. The van der Waals surface area contributed by atoms with Crippen LogP contribution in [0.15, 0.2) is 79.1 Å². The maximum Gasteiger partial charge on any atom is 0.247 e. The van der Waals surface area contributed by atoms with Gasteiger partial charge in [-0.2, -0.15) is 10.2 Å². The van der Waals surface area contributed by atoms with Crippen molar-refractivity contribution in [3.8, 4) is 22.3 Å². The second-order valence-corrected chi connectivity index (χ2v) is 12.2. The lowest BCUT2D eigenvalue weighted by Crippen LogP contribution is -2.44. The molecule has 0 aliphatic carbocycles. The molecule has 7 rings (SSSR count). The first kappa shape index (κ1) is 31.1. The molecule has 242 valence electrons. The van der Waals surface area contributed by atoms with Gasteiger partial charge in [-0.3, -0.25) is 19.1 Å². The Morgan fingerprint density at radius 2 is 1.79 bits per heavy atom. The summed E-state index contributed by atoms with van der Waals surface area (Å²) in [4.78, 5) is 45.3. The summed E-state index contributed by atoms with van der Waals surface area (Å²) >= 11 is 6.27. The summed E-state index contributed by atoms with van der Waals surface area (Å²) in [6.45, 7) is 2.59. The average molecular weight is 668 g/mol. The number of aryl methyl sites for hydroxylation is 1. The minimum absolute atomic E-state index is 0.121. The molecule has 1 fully saturated rings. The normalized spacial score (nSPS) is 16.1. The van der Waals surface area contributed by atoms with Gasteiger partial charge in [-0.05, 0) is 36.8 Å². The van der Waals surface area contributed by atoms with Crippen molar-refractivity contribution in [1.82, 2.24) is 29.3 Å². The van der Waals surface area contributed by atoms with Gasteiger partial charge >= 0.3 is 0 Å². The fourth-order valence-corrected chi connectivity index (χ4v) is 6.38. The van der Waals surface area contributed by atoms with E-state index in [2.05, 4.69) is 20.5 Å². The van der Waals surface area contributed by atoms with Crippen molar-refractivity contribution in [2.75, 3.05) is 11.9 Å². The van der Waals surface area contributed by atoms with Crippen LogP contribution in [0.1, 0.15) is 29.5 Å². The molecule has 0 radical (unpaired) electrons. The van der Waals surface area contributed by atoms with E-state index in [1.807, 2.05) is 25.3 Å². The number of anilines is 1. The zero-order chi connectivity index (χ0) is 33.7. The molecule has 2 amide bonds. The molecule has 0 saturated carbocycles. The highest BCUT2D eigenvalue weighted by Crippen LogP contribution is 2.33. The predicted molar refractivity (Wildman–Crippen MR) is 177 cm³/mol. The molecule has 3 aromatic carbocycles. The smallest absolute Gasteiger partial charge is 0.247 e. The molecule has 1 saturated heterocycles. The van der Waals surface area contributed by atoms with Gasteiger partial charge in [-0.25, -0.2) is 18.3 Å². The molecular formula is C35H28ClF2N7O3. The predicted octanol–water partition coefficient (Wildman–Crippen LogP) is 6.29. The first-order valence-electron chi connectivity index (χ1n) is 15.2. The summed E-state index contributed by atoms with van der Waals surface area (Å²) in [6, 6.07) is 17.3. The largest absolute Gasteiger partial charge is 0.326 e. The summed E-state index contributed by atoms with van der Waals surface area (Å²) in [7, 11) is 0. The van der Waals surface area contributed by atoms with Crippen LogP contribution in [0, 0.1) is 12.7 Å². The average Bonchev–Trinajstić information content (AvgIpc) is 3.75. The standard InChI is InChI=1S/C35H28ClF2N7O3/c1-19-12-31-39-15-22(16-45(31)41-19)21-10-11-29-26(13-21)34(20(2)46)42-44(29)18-32(47)43-17-23(37)14-30(43)35(48)40-28-9-5-7-25(33(28)38)24-6-3-4-8-27(24)36/h3-13,15-16,23,30H,14,17-18H2,1-2H3,(H,40,48)/t23-,30+/m1/s1. The highest BCUT2D eigenvalue weighted by atomic mass is 35.5. The molecule has 0 bridgehead atoms. The summed E-state index contributed by atoms with van der Waals surface area (Å²) in [5.74, 6) is -2.31. The van der Waals surface area contributed by atoms with Gasteiger partial charge in [0.2, 0.25) is 11.8 Å². The van der Waals surface area contributed by atoms with E-state index in [0.717, 1.165) is 21.7 Å². The van der Waals surface area contributed by atoms with Crippen LogP contribution in [0.3, 0.4) is 0 Å². The summed E-state index contributed by atoms with van der Waals surface area (Å²) < 4.78 is 33.4. The highest BCUT2D eigenvalue weighted by molar-refractivity contribution is 6.33. The van der Waals surface area contributed by atoms with Crippen molar-refractivity contribution in [1.29, 1.82) is 0 Å². The third kappa shape index (κ3) is 5.68. The van der Waals surface area contributed by atoms with Crippen LogP contribution < -0.4 is 5.32 Å². The van der Waals surface area contributed by atoms with Gasteiger partial charge in [0.25, 0.3) is 0 Å². The van der Waals surface area contributed by atoms with Crippen LogP contribution in [-0.2, 0) is 16.1 Å². The Kier molecular flexibility index (Phi) is 7.96. The number of nitrogens with one attached hydrogen (secondary N) is 1. The van der Waals surface area contributed by atoms with Crippen LogP contribution >= 0.6 is 11.6 Å². The lowest BCUT2D eigenvalue weighted by Gasteiger charge is -2.24. The second-order valence-electron chi connectivity index (χ2n) is 11.8. The summed E-state index contributed by atoms with van der Waals surface area (Å²) in [6.07, 6.45) is 1.84. The number of nitrogens with zero attached hydrogens (tertiary/aromatic N) is 6. The Morgan fingerprint density at radius 3 is 2.58 bits per heavy atom. The number of likely N-dealkylation sites (tertiary alicyclic amines) is 1. The summed E-state index contributed by atoms with van der Waals surface area (Å²) in [5, 5.41) is 12.3. The fraction of sp³-hybridized carbons (Fsp3) is 0.200. The van der Waals surface area contributed by atoms with Gasteiger partial charge in [-0.15, -0.1) is 0 Å². The lowest BCUT2D eigenvalue weighted by atomic mass is 10.0. The maximum atomic E-state index is 15.6. The van der Waals surface area contributed by atoms with E-state index in [-0.39, 0.29) is 42.2 Å². The quantitative estimate of drug-likeness (QED) is 0.200. The number of Topliss-reactive ketones (excluding diaryl/α,β-unsaturated/α-hetero) is 1. The molecule has 10 nitrogen and oxygen atoms in total. The van der Waals surface area contributed by atoms with Crippen molar-refractivity contribution in [3.63, 3.8) is 0 Å². The number of alkyl halides is 1. The Hall–Kier alpha value is -5.49. The van der Waals surface area contributed by atoms with Gasteiger partial charge in [0.15, 0.2) is 17.2 Å². The van der Waals surface area contributed by atoms with Crippen molar-refractivity contribution >= 4 is 51.4 Å². The van der Waals surface area contributed by atoms with Gasteiger partial charge in [0.1, 0.15) is 24.5 Å². The van der Waals surface area contributed by atoms with Crippen molar-refractivity contribution in [2.24, 2.45) is 0 Å². The topological polar surface area (TPSA) is 114 Å². The van der Waals surface area contributed by atoms with Gasteiger partial charge in [0, 0.05) is 58.9 Å². The highest BCUT2D eigenvalue weighted by Gasteiger charge is 2.40. The fourth-order valence-electron chi connectivity index (χ4n) is 6.14. The summed E-state index contributed by atoms with van der Waals surface area (Å²) in [5.41, 5.74) is 4.24. The second kappa shape index (κ2) is 12.3.